The summed E-state index contributed by atoms with van der Waals surface area (Å²) in [5.41, 5.74) is 2.18. The van der Waals surface area contributed by atoms with Crippen molar-refractivity contribution >= 4 is 53.7 Å². The molecule has 2 N–H and O–H groups in total. The van der Waals surface area contributed by atoms with Gasteiger partial charge < -0.3 is 24.3 Å². The number of rotatable bonds is 8. The first-order valence-corrected chi connectivity index (χ1v) is 19.9. The number of carbonyl (C=O) groups excluding carboxylic acids is 1. The average molecular weight is 654 g/mol. The molecule has 242 valence electrons. The summed E-state index contributed by atoms with van der Waals surface area (Å²) in [5.74, 6) is 0.639. The maximum absolute atomic E-state index is 14.3. The number of nitrogens with zero attached hydrogens (tertiary/aromatic N) is 5. The lowest BCUT2D eigenvalue weighted by atomic mass is 9.98. The first-order valence-electron chi connectivity index (χ1n) is 15.8. The van der Waals surface area contributed by atoms with Gasteiger partial charge in [-0.3, -0.25) is 14.5 Å². The minimum Gasteiger partial charge on any atom is -0.444 e. The Bertz CT molecular complexity index is 1790. The number of alkyl carbamates (subject to hydrolysis) is 1. The second kappa shape index (κ2) is 11.8. The number of ether oxygens (including phenoxy) is 2. The zero-order valence-electron chi connectivity index (χ0n) is 27.2. The molecule has 45 heavy (non-hydrogen) atoms. The van der Waals surface area contributed by atoms with Crippen LogP contribution in [0.5, 0.6) is 0 Å². The molecule has 2 aliphatic rings. The van der Waals surface area contributed by atoms with Gasteiger partial charge in [-0.2, -0.15) is 10.1 Å². The van der Waals surface area contributed by atoms with Crippen LogP contribution in [-0.2, 0) is 23.3 Å². The molecule has 5 heterocycles. The van der Waals surface area contributed by atoms with Gasteiger partial charge in [0.25, 0.3) is 5.56 Å². The number of aromatic amines is 1. The van der Waals surface area contributed by atoms with Gasteiger partial charge in [-0.05, 0) is 58.6 Å². The van der Waals surface area contributed by atoms with Gasteiger partial charge in [0.1, 0.15) is 12.3 Å². The molecule has 0 saturated carbocycles. The number of hydrogen-bond donors (Lipinski definition) is 2. The summed E-state index contributed by atoms with van der Waals surface area (Å²) in [7, 11) is 0.515. The molecule has 13 heteroatoms. The van der Waals surface area contributed by atoms with Crippen molar-refractivity contribution in [3.05, 3.63) is 39.9 Å². The molecule has 2 unspecified atom stereocenters. The van der Waals surface area contributed by atoms with Crippen LogP contribution in [0.2, 0.25) is 30.7 Å². The first-order chi connectivity index (χ1) is 21.2. The number of H-pyrrole nitrogens is 1. The number of aromatic nitrogens is 5. The zero-order chi connectivity index (χ0) is 32.3. The number of benzene rings is 1. The smallest absolute Gasteiger partial charge is 0.407 e. The van der Waals surface area contributed by atoms with Crippen molar-refractivity contribution in [2.45, 2.75) is 103 Å². The van der Waals surface area contributed by atoms with E-state index >= 15 is 0 Å². The Morgan fingerprint density at radius 2 is 1.87 bits per heavy atom. The quantitative estimate of drug-likeness (QED) is 0.170. The second-order valence-electron chi connectivity index (χ2n) is 14.7. The van der Waals surface area contributed by atoms with Crippen molar-refractivity contribution in [2.75, 3.05) is 11.5 Å². The third-order valence-corrected chi connectivity index (χ3v) is 10.9. The highest BCUT2D eigenvalue weighted by Gasteiger charge is 2.43. The summed E-state index contributed by atoms with van der Waals surface area (Å²) in [4.78, 5) is 34.3. The Labute approximate surface area is 269 Å². The van der Waals surface area contributed by atoms with E-state index in [0.29, 0.717) is 28.6 Å². The standard InChI is InChI=1S/C32H44ClN7O4Si/c1-32(2,3)44-31(42)35-19-14-20-8-9-21(15-19)40(20)30-36-28-26(29(41)38(30)4)24(17-39(28)18-43-12-13-45(5,6)7)22-10-11-25-23(27(22)33)16-34-37-25/h10-11,16-17,19-21H,8-9,12-15,18H2,1-7H3,(H,34,37)(H,35,42). The third-order valence-electron chi connectivity index (χ3n) is 8.83. The minimum atomic E-state index is -1.28. The molecule has 6 rings (SSSR count). The van der Waals surface area contributed by atoms with Crippen LogP contribution in [0.1, 0.15) is 46.5 Å². The van der Waals surface area contributed by atoms with Crippen LogP contribution >= 0.6 is 11.6 Å². The summed E-state index contributed by atoms with van der Waals surface area (Å²) in [5, 5.41) is 12.0. The number of hydrogen-bond acceptors (Lipinski definition) is 7. The first kappa shape index (κ1) is 31.6. The van der Waals surface area contributed by atoms with Crippen LogP contribution in [0.15, 0.2) is 29.3 Å². The van der Waals surface area contributed by atoms with E-state index in [-0.39, 0.29) is 36.5 Å². The van der Waals surface area contributed by atoms with Gasteiger partial charge in [0.15, 0.2) is 5.65 Å². The van der Waals surface area contributed by atoms with E-state index in [1.165, 1.54) is 0 Å². The molecular weight excluding hydrogens is 610 g/mol. The van der Waals surface area contributed by atoms with Crippen LogP contribution in [-0.4, -0.2) is 68.8 Å². The molecule has 1 aromatic carbocycles. The minimum absolute atomic E-state index is 0.00423. The summed E-state index contributed by atoms with van der Waals surface area (Å²) in [6.45, 7) is 13.5. The van der Waals surface area contributed by atoms with Gasteiger partial charge in [-0.25, -0.2) is 4.79 Å². The molecule has 0 radical (unpaired) electrons. The molecule has 0 spiro atoms. The molecule has 2 atom stereocenters. The Balaban J connectivity index is 1.37. The van der Waals surface area contributed by atoms with Crippen LogP contribution in [0, 0.1) is 0 Å². The van der Waals surface area contributed by atoms with Gasteiger partial charge >= 0.3 is 6.09 Å². The average Bonchev–Trinajstić information content (AvgIpc) is 3.62. The fourth-order valence-electron chi connectivity index (χ4n) is 6.67. The lowest BCUT2D eigenvalue weighted by molar-refractivity contribution is 0.0492. The number of amides is 1. The van der Waals surface area contributed by atoms with Crippen molar-refractivity contribution in [1.29, 1.82) is 0 Å². The van der Waals surface area contributed by atoms with Crippen LogP contribution < -0.4 is 15.8 Å². The molecular formula is C32H44ClN7O4Si. The highest BCUT2D eigenvalue weighted by molar-refractivity contribution is 6.76. The van der Waals surface area contributed by atoms with Gasteiger partial charge in [0.05, 0.1) is 22.1 Å². The Hall–Kier alpha value is -3.35. The maximum atomic E-state index is 14.3. The summed E-state index contributed by atoms with van der Waals surface area (Å²) < 4.78 is 15.3. The van der Waals surface area contributed by atoms with Gasteiger partial charge in [-0.1, -0.05) is 37.3 Å². The fraction of sp³-hybridized carbons (Fsp3) is 0.562. The van der Waals surface area contributed by atoms with E-state index in [0.717, 1.165) is 53.8 Å². The molecule has 2 aliphatic heterocycles. The van der Waals surface area contributed by atoms with E-state index in [9.17, 15) is 9.59 Å². The second-order valence-corrected chi connectivity index (χ2v) is 20.7. The Morgan fingerprint density at radius 3 is 2.53 bits per heavy atom. The topological polar surface area (TPSA) is 119 Å². The van der Waals surface area contributed by atoms with E-state index in [1.54, 1.807) is 17.8 Å². The van der Waals surface area contributed by atoms with Crippen LogP contribution in [0.3, 0.4) is 0 Å². The van der Waals surface area contributed by atoms with Gasteiger partial charge in [0, 0.05) is 62.6 Å². The van der Waals surface area contributed by atoms with Crippen molar-refractivity contribution < 1.29 is 14.3 Å². The zero-order valence-corrected chi connectivity index (χ0v) is 29.0. The van der Waals surface area contributed by atoms with E-state index in [2.05, 4.69) is 40.1 Å². The number of fused-ring (bicyclic) bond motifs is 4. The van der Waals surface area contributed by atoms with Crippen LogP contribution in [0.25, 0.3) is 33.1 Å². The number of carbonyl (C=O) groups is 1. The molecule has 2 bridgehead atoms. The summed E-state index contributed by atoms with van der Waals surface area (Å²) in [6.07, 6.45) is 6.71. The number of halogens is 1. The number of piperidine rings is 1. The van der Waals surface area contributed by atoms with Crippen molar-refractivity contribution in [2.24, 2.45) is 7.05 Å². The molecule has 0 aliphatic carbocycles. The van der Waals surface area contributed by atoms with Crippen LogP contribution in [0.4, 0.5) is 10.7 Å². The van der Waals surface area contributed by atoms with Gasteiger partial charge in [0.2, 0.25) is 5.95 Å². The van der Waals surface area contributed by atoms with E-state index < -0.39 is 13.7 Å². The fourth-order valence-corrected chi connectivity index (χ4v) is 7.74. The molecule has 3 aromatic heterocycles. The molecule has 2 fully saturated rings. The van der Waals surface area contributed by atoms with Crippen molar-refractivity contribution in [3.63, 3.8) is 0 Å². The Kier molecular flexibility index (Phi) is 8.28. The normalized spacial score (nSPS) is 20.4. The highest BCUT2D eigenvalue weighted by atomic mass is 35.5. The third kappa shape index (κ3) is 6.37. The van der Waals surface area contributed by atoms with E-state index in [1.807, 2.05) is 43.7 Å². The number of anilines is 1. The molecule has 2 saturated heterocycles. The van der Waals surface area contributed by atoms with Gasteiger partial charge in [-0.15, -0.1) is 0 Å². The number of nitrogens with one attached hydrogen (secondary N) is 2. The SMILES string of the molecule is Cn1c(N2C3CCC2CC(NC(=O)OC(C)(C)C)C3)nc2c(c(-c3ccc4[nH]ncc4c3Cl)cn2COCC[Si](C)(C)C)c1=O. The summed E-state index contributed by atoms with van der Waals surface area (Å²) in [6, 6.07) is 5.18. The molecule has 4 aromatic rings. The van der Waals surface area contributed by atoms with E-state index in [4.69, 9.17) is 26.1 Å². The summed E-state index contributed by atoms with van der Waals surface area (Å²) >= 11 is 6.91. The Morgan fingerprint density at radius 1 is 1.16 bits per heavy atom. The lowest BCUT2D eigenvalue weighted by Crippen LogP contribution is -2.52. The maximum Gasteiger partial charge on any atom is 0.407 e. The lowest BCUT2D eigenvalue weighted by Gasteiger charge is -2.40. The van der Waals surface area contributed by atoms with Crippen molar-refractivity contribution in [3.8, 4) is 11.1 Å². The molecule has 1 amide bonds. The largest absolute Gasteiger partial charge is 0.444 e. The molecule has 11 nitrogen and oxygen atoms in total. The van der Waals surface area contributed by atoms with Crippen molar-refractivity contribution in [1.82, 2.24) is 29.6 Å². The predicted octanol–water partition coefficient (Wildman–Crippen LogP) is 6.27. The predicted molar refractivity (Wildman–Crippen MR) is 181 cm³/mol. The highest BCUT2D eigenvalue weighted by Crippen LogP contribution is 2.41. The monoisotopic (exact) mass is 653 g/mol.